The Bertz CT molecular complexity index is 570. The van der Waals surface area contributed by atoms with Gasteiger partial charge in [0.05, 0.1) is 0 Å². The third-order valence-electron chi connectivity index (χ3n) is 3.99. The zero-order valence-electron chi connectivity index (χ0n) is 13.2. The fourth-order valence-electron chi connectivity index (χ4n) is 2.55. The number of ether oxygens (including phenoxy) is 2. The minimum Gasteiger partial charge on any atom is -0.422 e. The van der Waals surface area contributed by atoms with Crippen molar-refractivity contribution in [1.82, 2.24) is 0 Å². The van der Waals surface area contributed by atoms with Crippen LogP contribution in [0.5, 0.6) is 0 Å². The summed E-state index contributed by atoms with van der Waals surface area (Å²) < 4.78 is 10.2. The van der Waals surface area contributed by atoms with Gasteiger partial charge >= 0.3 is 11.9 Å². The first-order valence-corrected chi connectivity index (χ1v) is 7.28. The van der Waals surface area contributed by atoms with Crippen LogP contribution in [0.2, 0.25) is 0 Å². The summed E-state index contributed by atoms with van der Waals surface area (Å²) in [5, 5.41) is 0. The Morgan fingerprint density at radius 3 is 2.05 bits per heavy atom. The van der Waals surface area contributed by atoms with Crippen molar-refractivity contribution in [1.29, 1.82) is 0 Å². The maximum atomic E-state index is 12.5. The molecule has 0 bridgehead atoms. The maximum absolute atomic E-state index is 12.5. The second-order valence-electron chi connectivity index (χ2n) is 6.10. The summed E-state index contributed by atoms with van der Waals surface area (Å²) in [6.45, 7) is 6.40. The highest BCUT2D eigenvalue weighted by Crippen LogP contribution is 2.32. The number of benzene rings is 1. The average molecular weight is 304 g/mol. The van der Waals surface area contributed by atoms with Crippen molar-refractivity contribution in [3.63, 3.8) is 0 Å². The van der Waals surface area contributed by atoms with Crippen molar-refractivity contribution in [2.24, 2.45) is 17.8 Å². The minimum absolute atomic E-state index is 0.112. The van der Waals surface area contributed by atoms with Crippen molar-refractivity contribution in [2.75, 3.05) is 0 Å². The molecule has 5 nitrogen and oxygen atoms in total. The van der Waals surface area contributed by atoms with Crippen molar-refractivity contribution in [3.05, 3.63) is 35.9 Å². The number of carbonyl (C=O) groups excluding carboxylic acids is 3. The lowest BCUT2D eigenvalue weighted by molar-refractivity contribution is -0.242. The van der Waals surface area contributed by atoms with Crippen LogP contribution in [0.3, 0.4) is 0 Å². The Labute approximate surface area is 129 Å². The van der Waals surface area contributed by atoms with Crippen LogP contribution in [0, 0.1) is 17.8 Å². The van der Waals surface area contributed by atoms with Crippen molar-refractivity contribution >= 4 is 17.7 Å². The van der Waals surface area contributed by atoms with Gasteiger partial charge in [0.15, 0.2) is 11.7 Å². The standard InChI is InChI=1S/C17H20O5/c1-10(11(2)14(18)12-8-6-5-7-9-12)13-15(19)21-17(3,4)22-16(13)20/h5-11,13H,1-4H3. The van der Waals surface area contributed by atoms with E-state index in [-0.39, 0.29) is 5.78 Å². The molecule has 0 saturated carbocycles. The topological polar surface area (TPSA) is 69.7 Å². The molecular formula is C17H20O5. The van der Waals surface area contributed by atoms with E-state index in [0.717, 1.165) is 0 Å². The lowest BCUT2D eigenvalue weighted by atomic mass is 9.79. The van der Waals surface area contributed by atoms with Crippen LogP contribution in [0.15, 0.2) is 30.3 Å². The SMILES string of the molecule is CC(C(=O)c1ccccc1)C(C)C1C(=O)OC(C)(C)OC1=O. The van der Waals surface area contributed by atoms with Gasteiger partial charge in [-0.1, -0.05) is 44.2 Å². The second-order valence-corrected chi connectivity index (χ2v) is 6.10. The van der Waals surface area contributed by atoms with E-state index in [4.69, 9.17) is 9.47 Å². The molecule has 0 aliphatic carbocycles. The molecule has 2 atom stereocenters. The molecule has 0 N–H and O–H groups in total. The fraction of sp³-hybridized carbons (Fsp3) is 0.471. The first kappa shape index (κ1) is 16.2. The van der Waals surface area contributed by atoms with Crippen LogP contribution < -0.4 is 0 Å². The van der Waals surface area contributed by atoms with Crippen LogP contribution in [-0.2, 0) is 19.1 Å². The highest BCUT2D eigenvalue weighted by Gasteiger charge is 2.47. The summed E-state index contributed by atoms with van der Waals surface area (Å²) in [7, 11) is 0. The predicted molar refractivity (Wildman–Crippen MR) is 78.9 cm³/mol. The number of hydrogen-bond donors (Lipinski definition) is 0. The summed E-state index contributed by atoms with van der Waals surface area (Å²) in [5.41, 5.74) is 0.555. The van der Waals surface area contributed by atoms with Gasteiger partial charge < -0.3 is 9.47 Å². The molecule has 1 aromatic carbocycles. The monoisotopic (exact) mass is 304 g/mol. The van der Waals surface area contributed by atoms with E-state index < -0.39 is 35.5 Å². The highest BCUT2D eigenvalue weighted by molar-refractivity contribution is 6.01. The first-order chi connectivity index (χ1) is 10.2. The predicted octanol–water partition coefficient (Wildman–Crippen LogP) is 2.59. The van der Waals surface area contributed by atoms with Crippen LogP contribution in [-0.4, -0.2) is 23.5 Å². The van der Waals surface area contributed by atoms with E-state index in [1.807, 2.05) is 6.07 Å². The molecule has 0 spiro atoms. The largest absolute Gasteiger partial charge is 0.422 e. The summed E-state index contributed by atoms with van der Waals surface area (Å²) in [5.74, 6) is -4.73. The third kappa shape index (κ3) is 3.18. The van der Waals surface area contributed by atoms with Crippen LogP contribution in [0.1, 0.15) is 38.1 Å². The number of hydrogen-bond acceptors (Lipinski definition) is 5. The van der Waals surface area contributed by atoms with Crippen molar-refractivity contribution in [3.8, 4) is 0 Å². The van der Waals surface area contributed by atoms with Gasteiger partial charge in [0.1, 0.15) is 0 Å². The van der Waals surface area contributed by atoms with Crippen LogP contribution in [0.25, 0.3) is 0 Å². The third-order valence-corrected chi connectivity index (χ3v) is 3.99. The van der Waals surface area contributed by atoms with Crippen molar-refractivity contribution in [2.45, 2.75) is 33.5 Å². The second kappa shape index (κ2) is 5.91. The molecule has 0 amide bonds. The van der Waals surface area contributed by atoms with Gasteiger partial charge in [-0.05, 0) is 5.92 Å². The van der Waals surface area contributed by atoms with Gasteiger partial charge in [-0.2, -0.15) is 0 Å². The van der Waals surface area contributed by atoms with Gasteiger partial charge in [-0.3, -0.25) is 14.4 Å². The maximum Gasteiger partial charge on any atom is 0.323 e. The Morgan fingerprint density at radius 1 is 1.05 bits per heavy atom. The summed E-state index contributed by atoms with van der Waals surface area (Å²) in [4.78, 5) is 36.6. The molecule has 5 heteroatoms. The van der Waals surface area contributed by atoms with Crippen molar-refractivity contribution < 1.29 is 23.9 Å². The Hall–Kier alpha value is -2.17. The fourth-order valence-corrected chi connectivity index (χ4v) is 2.55. The number of ketones is 1. The summed E-state index contributed by atoms with van der Waals surface area (Å²) in [6, 6.07) is 8.80. The number of rotatable bonds is 4. The van der Waals surface area contributed by atoms with Gasteiger partial charge in [-0.25, -0.2) is 0 Å². The zero-order valence-corrected chi connectivity index (χ0v) is 13.2. The average Bonchev–Trinajstić information content (AvgIpc) is 2.44. The molecule has 1 aromatic rings. The normalized spacial score (nSPS) is 20.7. The Kier molecular flexibility index (Phi) is 4.35. The van der Waals surface area contributed by atoms with Crippen LogP contribution >= 0.6 is 0 Å². The van der Waals surface area contributed by atoms with E-state index in [1.54, 1.807) is 38.1 Å². The van der Waals surface area contributed by atoms with Gasteiger partial charge in [0.25, 0.3) is 5.79 Å². The molecular weight excluding hydrogens is 284 g/mol. The molecule has 0 radical (unpaired) electrons. The number of Topliss-reactive ketones (excluding diaryl/α,β-unsaturated/α-hetero) is 1. The molecule has 2 rings (SSSR count). The molecule has 1 saturated heterocycles. The summed E-state index contributed by atoms with van der Waals surface area (Å²) in [6.07, 6.45) is 0. The minimum atomic E-state index is -1.25. The highest BCUT2D eigenvalue weighted by atomic mass is 16.7. The van der Waals surface area contributed by atoms with Crippen LogP contribution in [0.4, 0.5) is 0 Å². The molecule has 118 valence electrons. The van der Waals surface area contributed by atoms with E-state index in [2.05, 4.69) is 0 Å². The lowest BCUT2D eigenvalue weighted by Crippen LogP contribution is -2.49. The molecule has 1 heterocycles. The van der Waals surface area contributed by atoms with E-state index >= 15 is 0 Å². The number of cyclic esters (lactones) is 2. The number of esters is 2. The first-order valence-electron chi connectivity index (χ1n) is 7.28. The smallest absolute Gasteiger partial charge is 0.323 e. The Balaban J connectivity index is 2.17. The Morgan fingerprint density at radius 2 is 1.55 bits per heavy atom. The molecule has 1 aliphatic rings. The molecule has 1 fully saturated rings. The molecule has 2 unspecified atom stereocenters. The number of carbonyl (C=O) groups is 3. The zero-order chi connectivity index (χ0) is 16.5. The molecule has 1 aliphatic heterocycles. The molecule has 0 aromatic heterocycles. The van der Waals surface area contributed by atoms with Gasteiger partial charge in [0, 0.05) is 25.3 Å². The van der Waals surface area contributed by atoms with E-state index in [0.29, 0.717) is 5.56 Å². The lowest BCUT2D eigenvalue weighted by Gasteiger charge is -2.36. The van der Waals surface area contributed by atoms with Gasteiger partial charge in [-0.15, -0.1) is 0 Å². The molecule has 22 heavy (non-hydrogen) atoms. The summed E-state index contributed by atoms with van der Waals surface area (Å²) >= 11 is 0. The van der Waals surface area contributed by atoms with Gasteiger partial charge in [0.2, 0.25) is 0 Å². The van der Waals surface area contributed by atoms with E-state index in [9.17, 15) is 14.4 Å². The van der Waals surface area contributed by atoms with E-state index in [1.165, 1.54) is 13.8 Å². The quantitative estimate of drug-likeness (QED) is 0.486.